The third-order valence-electron chi connectivity index (χ3n) is 5.62. The number of aryl methyl sites for hydroxylation is 3. The molecule has 4 rings (SSSR count). The van der Waals surface area contributed by atoms with Crippen LogP contribution in [0.25, 0.3) is 10.8 Å². The monoisotopic (exact) mass is 468 g/mol. The second-order valence-corrected chi connectivity index (χ2v) is 7.89. The maximum Gasteiger partial charge on any atom is 0.195 e. The summed E-state index contributed by atoms with van der Waals surface area (Å²) in [6, 6.07) is 12.0. The first-order valence-electron chi connectivity index (χ1n) is 10.6. The fourth-order valence-corrected chi connectivity index (χ4v) is 3.70. The van der Waals surface area contributed by atoms with Gasteiger partial charge in [-0.2, -0.15) is 0 Å². The molecule has 6 heteroatoms. The van der Waals surface area contributed by atoms with Gasteiger partial charge in [0.05, 0.1) is 5.56 Å². The number of fused-ring (bicyclic) bond motifs is 1. The van der Waals surface area contributed by atoms with E-state index in [1.807, 2.05) is 13.0 Å². The summed E-state index contributed by atoms with van der Waals surface area (Å²) in [5.41, 5.74) is 1.48. The lowest BCUT2D eigenvalue weighted by Crippen LogP contribution is -1.99. The molecule has 0 saturated heterocycles. The quantitative estimate of drug-likeness (QED) is 0.166. The Balaban J connectivity index is 1.56. The molecule has 0 fully saturated rings. The number of hydrogen-bond donors (Lipinski definition) is 0. The van der Waals surface area contributed by atoms with Crippen LogP contribution in [-0.2, 0) is 19.3 Å². The smallest absolute Gasteiger partial charge is 0.195 e. The molecule has 0 aliphatic carbocycles. The summed E-state index contributed by atoms with van der Waals surface area (Å²) in [6.07, 6.45) is 1.23. The van der Waals surface area contributed by atoms with Gasteiger partial charge in [0.1, 0.15) is 17.5 Å². The minimum Gasteiger partial charge on any atom is -0.207 e. The second-order valence-electron chi connectivity index (χ2n) is 7.89. The van der Waals surface area contributed by atoms with Crippen molar-refractivity contribution in [3.8, 4) is 11.8 Å². The summed E-state index contributed by atoms with van der Waals surface area (Å²) in [6.45, 7) is 1.92. The fraction of sp³-hybridized carbons (Fsp3) is 0.143. The zero-order valence-corrected chi connectivity index (χ0v) is 18.1. The first-order chi connectivity index (χ1) is 16.3. The maximum atomic E-state index is 14.6. The Morgan fingerprint density at radius 2 is 1.32 bits per heavy atom. The normalized spacial score (nSPS) is 10.9. The van der Waals surface area contributed by atoms with Gasteiger partial charge < -0.3 is 0 Å². The van der Waals surface area contributed by atoms with Gasteiger partial charge in [-0.15, -0.1) is 0 Å². The topological polar surface area (TPSA) is 0 Å². The first kappa shape index (κ1) is 23.4. The van der Waals surface area contributed by atoms with E-state index in [1.54, 1.807) is 6.07 Å². The van der Waals surface area contributed by atoms with E-state index in [9.17, 15) is 26.3 Å². The molecule has 0 atom stereocenters. The molecule has 0 N–H and O–H groups in total. The summed E-state index contributed by atoms with van der Waals surface area (Å²) < 4.78 is 84.0. The van der Waals surface area contributed by atoms with Crippen molar-refractivity contribution < 1.29 is 26.3 Å². The van der Waals surface area contributed by atoms with Crippen molar-refractivity contribution in [2.24, 2.45) is 0 Å². The molecule has 0 radical (unpaired) electrons. The van der Waals surface area contributed by atoms with Crippen molar-refractivity contribution >= 4 is 10.8 Å². The highest BCUT2D eigenvalue weighted by Crippen LogP contribution is 2.24. The average molecular weight is 468 g/mol. The standard InChI is InChI=1S/C28H18F6/c1-2-16-3-7-19(23(29)12-16)8-4-18-13-24(30)22(25(31)14-18)10-6-17-5-9-21-20(11-17)15-26(32)28(34)27(21)33/h3,5,7,9,11-15H,2,4,8H2,1H3. The van der Waals surface area contributed by atoms with Gasteiger partial charge in [-0.1, -0.05) is 37.0 Å². The SMILES string of the molecule is CCc1ccc(CCc2cc(F)c(C#Cc3ccc4c(F)c(F)c(F)cc4c3)c(F)c2)c(F)c1. The Morgan fingerprint density at radius 1 is 0.618 bits per heavy atom. The molecular weight excluding hydrogens is 450 g/mol. The third-order valence-corrected chi connectivity index (χ3v) is 5.62. The van der Waals surface area contributed by atoms with Gasteiger partial charge in [0.2, 0.25) is 0 Å². The molecule has 0 amide bonds. The van der Waals surface area contributed by atoms with E-state index in [-0.39, 0.29) is 35.0 Å². The maximum absolute atomic E-state index is 14.6. The summed E-state index contributed by atoms with van der Waals surface area (Å²) in [4.78, 5) is 0. The summed E-state index contributed by atoms with van der Waals surface area (Å²) in [5, 5.41) is -0.0642. The third kappa shape index (κ3) is 4.79. The van der Waals surface area contributed by atoms with Crippen molar-refractivity contribution in [3.05, 3.63) is 117 Å². The van der Waals surface area contributed by atoms with Crippen LogP contribution in [0.1, 0.15) is 34.7 Å². The van der Waals surface area contributed by atoms with E-state index in [0.29, 0.717) is 17.5 Å². The van der Waals surface area contributed by atoms with Gasteiger partial charge in [0, 0.05) is 10.9 Å². The summed E-state index contributed by atoms with van der Waals surface area (Å²) in [7, 11) is 0. The zero-order valence-electron chi connectivity index (χ0n) is 18.1. The molecule has 0 aliphatic heterocycles. The van der Waals surface area contributed by atoms with Crippen LogP contribution in [0.4, 0.5) is 26.3 Å². The highest BCUT2D eigenvalue weighted by atomic mass is 19.2. The van der Waals surface area contributed by atoms with Gasteiger partial charge in [-0.25, -0.2) is 26.3 Å². The van der Waals surface area contributed by atoms with Gasteiger partial charge in [0.25, 0.3) is 0 Å². The molecule has 0 spiro atoms. The molecule has 0 bridgehead atoms. The number of hydrogen-bond acceptors (Lipinski definition) is 0. The van der Waals surface area contributed by atoms with Gasteiger partial charge >= 0.3 is 0 Å². The minimum atomic E-state index is -1.57. The summed E-state index contributed by atoms with van der Waals surface area (Å²) >= 11 is 0. The highest BCUT2D eigenvalue weighted by Gasteiger charge is 2.14. The molecule has 0 heterocycles. The molecule has 0 nitrogen and oxygen atoms in total. The van der Waals surface area contributed by atoms with Crippen molar-refractivity contribution in [2.75, 3.05) is 0 Å². The Hall–Kier alpha value is -3.72. The molecule has 0 unspecified atom stereocenters. The molecule has 4 aromatic carbocycles. The Bertz CT molecular complexity index is 1440. The lowest BCUT2D eigenvalue weighted by atomic mass is 10.0. The Labute approximate surface area is 192 Å². The summed E-state index contributed by atoms with van der Waals surface area (Å²) in [5.74, 6) is -1.35. The van der Waals surface area contributed by atoms with Crippen LogP contribution in [0.15, 0.2) is 54.6 Å². The molecule has 0 aromatic heterocycles. The molecule has 4 aromatic rings. The zero-order chi connectivity index (χ0) is 24.4. The van der Waals surface area contributed by atoms with E-state index in [0.717, 1.165) is 23.8 Å². The predicted octanol–water partition coefficient (Wildman–Crippen LogP) is 7.42. The van der Waals surface area contributed by atoms with Crippen LogP contribution in [0.3, 0.4) is 0 Å². The van der Waals surface area contributed by atoms with Gasteiger partial charge in [-0.05, 0) is 77.7 Å². The number of rotatable bonds is 4. The van der Waals surface area contributed by atoms with Gasteiger partial charge in [0.15, 0.2) is 17.5 Å². The molecule has 0 aliphatic rings. The first-order valence-corrected chi connectivity index (χ1v) is 10.6. The molecular formula is C28H18F6. The second kappa shape index (κ2) is 9.64. The van der Waals surface area contributed by atoms with Crippen LogP contribution in [0.2, 0.25) is 0 Å². The van der Waals surface area contributed by atoms with Crippen molar-refractivity contribution in [1.29, 1.82) is 0 Å². The predicted molar refractivity (Wildman–Crippen MR) is 119 cm³/mol. The minimum absolute atomic E-state index is 0.0682. The number of halogens is 6. The van der Waals surface area contributed by atoms with Crippen molar-refractivity contribution in [2.45, 2.75) is 26.2 Å². The van der Waals surface area contributed by atoms with Crippen LogP contribution in [-0.4, -0.2) is 0 Å². The fourth-order valence-electron chi connectivity index (χ4n) is 3.70. The van der Waals surface area contributed by atoms with Crippen LogP contribution in [0, 0.1) is 46.7 Å². The number of benzene rings is 4. The van der Waals surface area contributed by atoms with E-state index in [1.165, 1.54) is 24.3 Å². The van der Waals surface area contributed by atoms with E-state index in [4.69, 9.17) is 0 Å². The Morgan fingerprint density at radius 3 is 2.00 bits per heavy atom. The van der Waals surface area contributed by atoms with E-state index in [2.05, 4.69) is 11.8 Å². The average Bonchev–Trinajstić information content (AvgIpc) is 2.81. The molecule has 34 heavy (non-hydrogen) atoms. The Kier molecular flexibility index (Phi) is 6.65. The van der Waals surface area contributed by atoms with Gasteiger partial charge in [-0.3, -0.25) is 0 Å². The van der Waals surface area contributed by atoms with Crippen molar-refractivity contribution in [1.82, 2.24) is 0 Å². The van der Waals surface area contributed by atoms with Crippen molar-refractivity contribution in [3.63, 3.8) is 0 Å². The van der Waals surface area contributed by atoms with Crippen LogP contribution >= 0.6 is 0 Å². The molecule has 0 saturated carbocycles. The molecule has 172 valence electrons. The largest absolute Gasteiger partial charge is 0.207 e. The van der Waals surface area contributed by atoms with E-state index < -0.39 is 34.6 Å². The van der Waals surface area contributed by atoms with Crippen LogP contribution < -0.4 is 0 Å². The lowest BCUT2D eigenvalue weighted by molar-refractivity contribution is 0.453. The highest BCUT2D eigenvalue weighted by molar-refractivity contribution is 5.84. The van der Waals surface area contributed by atoms with Crippen LogP contribution in [0.5, 0.6) is 0 Å². The lowest BCUT2D eigenvalue weighted by Gasteiger charge is -2.07. The van der Waals surface area contributed by atoms with E-state index >= 15 is 0 Å².